The number of halogens is 3. The highest BCUT2D eigenvalue weighted by molar-refractivity contribution is 5.94. The Kier molecular flexibility index (Phi) is 7.19. The van der Waals surface area contributed by atoms with Crippen LogP contribution >= 0.6 is 0 Å². The topological polar surface area (TPSA) is 119 Å². The minimum atomic E-state index is -0.785. The number of benzene rings is 2. The number of imidazole rings is 1. The largest absolute Gasteiger partial charge is 0.377 e. The lowest BCUT2D eigenvalue weighted by Gasteiger charge is -2.39. The number of carbonyl (C=O) groups is 1. The van der Waals surface area contributed by atoms with Crippen LogP contribution in [-0.4, -0.2) is 89.5 Å². The zero-order valence-corrected chi connectivity index (χ0v) is 26.9. The Labute approximate surface area is 283 Å². The maximum atomic E-state index is 15.0. The van der Waals surface area contributed by atoms with Crippen LogP contribution in [0.5, 0.6) is 0 Å². The number of hydrogen-bond acceptors (Lipinski definition) is 9. The molecule has 3 aliphatic rings. The van der Waals surface area contributed by atoms with E-state index in [1.807, 2.05) is 34.9 Å². The Bertz CT molecular complexity index is 2310. The van der Waals surface area contributed by atoms with Gasteiger partial charge in [0, 0.05) is 43.4 Å². The highest BCUT2D eigenvalue weighted by Gasteiger charge is 2.43. The Balaban J connectivity index is 1.15. The molecule has 0 saturated carbocycles. The van der Waals surface area contributed by atoms with Crippen LogP contribution in [0.2, 0.25) is 0 Å². The monoisotopic (exact) mass is 680 g/mol. The molecule has 1 N–H and O–H groups in total. The molecular weight excluding hydrogens is 649 g/mol. The minimum absolute atomic E-state index is 0.0371. The van der Waals surface area contributed by atoms with Gasteiger partial charge in [0.15, 0.2) is 11.5 Å². The molecule has 50 heavy (non-hydrogen) atoms. The number of ether oxygens (including phenoxy) is 1. The second-order valence-electron chi connectivity index (χ2n) is 12.9. The fourth-order valence-electron chi connectivity index (χ4n) is 7.65. The lowest BCUT2D eigenvalue weighted by molar-refractivity contribution is -0.141. The second-order valence-corrected chi connectivity index (χ2v) is 12.9. The molecule has 2 aromatic carbocycles. The summed E-state index contributed by atoms with van der Waals surface area (Å²) in [6.45, 7) is 4.03. The molecule has 2 fully saturated rings. The average Bonchev–Trinajstić information content (AvgIpc) is 3.81. The molecule has 254 valence electrons. The van der Waals surface area contributed by atoms with E-state index in [1.54, 1.807) is 0 Å². The number of fused-ring (bicyclic) bond motifs is 7. The quantitative estimate of drug-likeness (QED) is 0.279. The third kappa shape index (κ3) is 5.02. The fourth-order valence-corrected chi connectivity index (χ4v) is 7.65. The van der Waals surface area contributed by atoms with Gasteiger partial charge in [-0.05, 0) is 50.1 Å². The van der Waals surface area contributed by atoms with Crippen LogP contribution in [0.3, 0.4) is 0 Å². The number of nitrogens with zero attached hydrogens (tertiary/aromatic N) is 9. The molecule has 12 nitrogen and oxygen atoms in total. The molecule has 0 aliphatic carbocycles. The van der Waals surface area contributed by atoms with E-state index in [2.05, 4.69) is 29.9 Å². The van der Waals surface area contributed by atoms with Crippen LogP contribution in [-0.2, 0) is 16.1 Å². The zero-order valence-electron chi connectivity index (χ0n) is 26.9. The molecule has 4 aromatic heterocycles. The van der Waals surface area contributed by atoms with Gasteiger partial charge in [0.25, 0.3) is 0 Å². The summed E-state index contributed by atoms with van der Waals surface area (Å²) in [5.74, 6) is -0.160. The lowest BCUT2D eigenvalue weighted by atomic mass is 10.1. The first-order valence-electron chi connectivity index (χ1n) is 16.5. The van der Waals surface area contributed by atoms with Crippen LogP contribution in [0.4, 0.5) is 24.8 Å². The van der Waals surface area contributed by atoms with Crippen LogP contribution < -0.4 is 10.2 Å². The Hall–Kier alpha value is -5.57. The Morgan fingerprint density at radius 3 is 2.76 bits per heavy atom. The van der Waals surface area contributed by atoms with Crippen LogP contribution in [0.15, 0.2) is 61.1 Å². The molecule has 2 saturated heterocycles. The number of aromatic nitrogens is 7. The van der Waals surface area contributed by atoms with E-state index >= 15 is 0 Å². The third-order valence-corrected chi connectivity index (χ3v) is 9.91. The normalized spacial score (nSPS) is 20.9. The molecule has 3 aliphatic heterocycles. The number of hydrogen-bond donors (Lipinski definition) is 1. The van der Waals surface area contributed by atoms with Gasteiger partial charge in [0.2, 0.25) is 5.91 Å². The smallest absolute Gasteiger partial charge is 0.245 e. The van der Waals surface area contributed by atoms with Crippen molar-refractivity contribution in [2.24, 2.45) is 0 Å². The molecule has 0 unspecified atom stereocenters. The van der Waals surface area contributed by atoms with E-state index in [9.17, 15) is 18.0 Å². The first kappa shape index (κ1) is 30.5. The summed E-state index contributed by atoms with van der Waals surface area (Å²) in [6, 6.07) is 10.7. The molecule has 9 rings (SSSR count). The molecule has 4 bridgehead atoms. The second kappa shape index (κ2) is 11.8. The summed E-state index contributed by atoms with van der Waals surface area (Å²) < 4.78 is 52.8. The van der Waals surface area contributed by atoms with E-state index in [0.29, 0.717) is 85.1 Å². The molecule has 1 amide bonds. The number of amides is 1. The Morgan fingerprint density at radius 2 is 1.88 bits per heavy atom. The molecule has 7 heterocycles. The highest BCUT2D eigenvalue weighted by atomic mass is 19.1. The molecule has 0 spiro atoms. The maximum absolute atomic E-state index is 15.0. The first-order valence-corrected chi connectivity index (χ1v) is 16.5. The lowest BCUT2D eigenvalue weighted by Crippen LogP contribution is -2.55. The van der Waals surface area contributed by atoms with E-state index in [0.717, 1.165) is 23.5 Å². The average molecular weight is 681 g/mol. The van der Waals surface area contributed by atoms with Gasteiger partial charge in [-0.3, -0.25) is 4.79 Å². The number of anilines is 2. The van der Waals surface area contributed by atoms with E-state index < -0.39 is 23.5 Å². The van der Waals surface area contributed by atoms with Gasteiger partial charge >= 0.3 is 0 Å². The van der Waals surface area contributed by atoms with Crippen LogP contribution in [0.1, 0.15) is 18.7 Å². The van der Waals surface area contributed by atoms with Crippen molar-refractivity contribution in [1.29, 1.82) is 0 Å². The minimum Gasteiger partial charge on any atom is -0.377 e. The number of pyridine rings is 1. The van der Waals surface area contributed by atoms with Crippen molar-refractivity contribution >= 4 is 39.6 Å². The van der Waals surface area contributed by atoms with E-state index in [1.165, 1.54) is 35.4 Å². The van der Waals surface area contributed by atoms with Crippen LogP contribution in [0, 0.1) is 24.4 Å². The molecule has 0 radical (unpaired) electrons. The maximum Gasteiger partial charge on any atom is 0.245 e. The summed E-state index contributed by atoms with van der Waals surface area (Å²) in [4.78, 5) is 37.2. The summed E-state index contributed by atoms with van der Waals surface area (Å²) in [5.41, 5.74) is 2.92. The molecular formula is C35H31F3N10O2. The van der Waals surface area contributed by atoms with Crippen molar-refractivity contribution in [3.8, 4) is 16.9 Å². The SMILES string of the molecule is Cc1nc2cc(F)cc3c2n1CC[C@@H]1COCCN1C(=O)[C@@H]1C[C@@H](CN1c1ncnc2c1cnn2-c1ccc(F)cc1F)Nc1cccc-3n1. The Morgan fingerprint density at radius 1 is 0.980 bits per heavy atom. The van der Waals surface area contributed by atoms with Gasteiger partial charge in [0.1, 0.15) is 47.2 Å². The third-order valence-electron chi connectivity index (χ3n) is 9.91. The van der Waals surface area contributed by atoms with Gasteiger partial charge < -0.3 is 24.4 Å². The number of aryl methyl sites for hydroxylation is 2. The first-order chi connectivity index (χ1) is 24.3. The summed E-state index contributed by atoms with van der Waals surface area (Å²) in [6.07, 6.45) is 3.92. The number of morpholine rings is 1. The number of nitrogens with one attached hydrogen (secondary N) is 1. The zero-order chi connectivity index (χ0) is 34.1. The van der Waals surface area contributed by atoms with Gasteiger partial charge in [0.05, 0.1) is 47.6 Å². The van der Waals surface area contributed by atoms with Crippen molar-refractivity contribution in [3.05, 3.63) is 84.3 Å². The predicted molar refractivity (Wildman–Crippen MR) is 178 cm³/mol. The summed E-state index contributed by atoms with van der Waals surface area (Å²) in [7, 11) is 0. The van der Waals surface area contributed by atoms with Gasteiger partial charge in [-0.2, -0.15) is 5.10 Å². The predicted octanol–water partition coefficient (Wildman–Crippen LogP) is 4.64. The van der Waals surface area contributed by atoms with Gasteiger partial charge in [-0.1, -0.05) is 6.07 Å². The summed E-state index contributed by atoms with van der Waals surface area (Å²) in [5, 5.41) is 8.43. The van der Waals surface area contributed by atoms with Crippen molar-refractivity contribution in [2.75, 3.05) is 36.5 Å². The highest BCUT2D eigenvalue weighted by Crippen LogP contribution is 2.35. The fraction of sp³-hybridized carbons (Fsp3) is 0.314. The molecule has 3 atom stereocenters. The number of carbonyl (C=O) groups excluding carboxylic acids is 1. The van der Waals surface area contributed by atoms with Crippen LogP contribution in [0.25, 0.3) is 39.0 Å². The van der Waals surface area contributed by atoms with Crippen molar-refractivity contribution in [2.45, 2.75) is 44.4 Å². The summed E-state index contributed by atoms with van der Waals surface area (Å²) >= 11 is 0. The van der Waals surface area contributed by atoms with Gasteiger partial charge in [-0.25, -0.2) is 37.8 Å². The van der Waals surface area contributed by atoms with Crippen molar-refractivity contribution in [1.82, 2.24) is 39.2 Å². The molecule has 6 aromatic rings. The van der Waals surface area contributed by atoms with E-state index in [4.69, 9.17) is 9.72 Å². The standard InChI is InChI=1S/C35H31F3N10O2/c1-19-42-28-13-21(37)11-24-27-3-2-4-31(44-27)43-22-14-30(35(49)46-9-10-50-17-23(46)7-8-45(19)32(24)28)47(16-22)33-25-15-41-48(34(25)40-18-39-33)29-6-5-20(36)12-26(29)38/h2-6,11-13,15,18,22-23,30H,7-10,14,16-17H2,1H3,(H,43,44)/t22-,23+,30-/m0/s1. The van der Waals surface area contributed by atoms with Gasteiger partial charge in [-0.15, -0.1) is 0 Å². The van der Waals surface area contributed by atoms with E-state index in [-0.39, 0.29) is 23.7 Å². The molecule has 15 heteroatoms. The number of rotatable bonds is 2. The van der Waals surface area contributed by atoms with Crippen molar-refractivity contribution < 1.29 is 22.7 Å². The van der Waals surface area contributed by atoms with Crippen molar-refractivity contribution in [3.63, 3.8) is 0 Å².